The maximum atomic E-state index is 12.6. The van der Waals surface area contributed by atoms with Gasteiger partial charge >= 0.3 is 10.8 Å². The number of carbonyl (C=O) groups excluding carboxylic acids is 1. The molecule has 180 valence electrons. The number of esters is 1. The van der Waals surface area contributed by atoms with E-state index in [1.54, 1.807) is 16.7 Å². The van der Waals surface area contributed by atoms with Crippen LogP contribution in [0.25, 0.3) is 10.2 Å². The molecule has 3 aromatic carbocycles. The van der Waals surface area contributed by atoms with E-state index in [1.165, 1.54) is 7.11 Å². The molecule has 0 saturated carbocycles. The van der Waals surface area contributed by atoms with Gasteiger partial charge in [-0.2, -0.15) is 0 Å². The van der Waals surface area contributed by atoms with Gasteiger partial charge in [-0.1, -0.05) is 65.0 Å². The summed E-state index contributed by atoms with van der Waals surface area (Å²) in [4.78, 5) is 24.0. The summed E-state index contributed by atoms with van der Waals surface area (Å²) in [7, 11) is 1.31. The topological polar surface area (TPSA) is 116 Å². The van der Waals surface area contributed by atoms with Crippen molar-refractivity contribution in [1.82, 2.24) is 4.57 Å². The summed E-state index contributed by atoms with van der Waals surface area (Å²) >= 11 is 1.14. The van der Waals surface area contributed by atoms with Crippen molar-refractivity contribution in [1.29, 1.82) is 0 Å². The van der Waals surface area contributed by atoms with Gasteiger partial charge in [-0.05, 0) is 36.2 Å². The molecule has 9 heteroatoms. The number of aromatic nitrogens is 1. The minimum Gasteiger partial charge on any atom is -0.492 e. The molecule has 35 heavy (non-hydrogen) atoms. The molecule has 0 bridgehead atoms. The smallest absolute Gasteiger partial charge is 0.322 e. The number of rotatable bonds is 9. The normalized spacial score (nSPS) is 12.5. The highest BCUT2D eigenvalue weighted by Gasteiger charge is 2.15. The van der Waals surface area contributed by atoms with E-state index in [0.29, 0.717) is 31.0 Å². The van der Waals surface area contributed by atoms with Crippen LogP contribution in [0.3, 0.4) is 0 Å². The molecule has 8 nitrogen and oxygen atoms in total. The van der Waals surface area contributed by atoms with Crippen LogP contribution in [-0.4, -0.2) is 41.2 Å². The molecular weight excluding hydrogens is 466 g/mol. The van der Waals surface area contributed by atoms with Gasteiger partial charge in [0, 0.05) is 11.1 Å². The molecule has 0 fully saturated rings. The molecule has 1 atom stereocenters. The molecule has 0 amide bonds. The van der Waals surface area contributed by atoms with Crippen LogP contribution in [0.15, 0.2) is 82.7 Å². The van der Waals surface area contributed by atoms with Crippen molar-refractivity contribution < 1.29 is 19.5 Å². The quantitative estimate of drug-likeness (QED) is 0.160. The third kappa shape index (κ3) is 5.59. The van der Waals surface area contributed by atoms with E-state index in [-0.39, 0.29) is 4.87 Å². The Bertz CT molecular complexity index is 1390. The number of ether oxygens (including phenoxy) is 2. The predicted molar refractivity (Wildman–Crippen MR) is 136 cm³/mol. The van der Waals surface area contributed by atoms with E-state index in [2.05, 4.69) is 9.89 Å². The van der Waals surface area contributed by atoms with Gasteiger partial charge in [-0.3, -0.25) is 14.2 Å². The molecule has 0 aliphatic heterocycles. The summed E-state index contributed by atoms with van der Waals surface area (Å²) in [6, 6.07) is 21.5. The maximum Gasteiger partial charge on any atom is 0.322 e. The Morgan fingerprint density at radius 1 is 1.09 bits per heavy atom. The van der Waals surface area contributed by atoms with Gasteiger partial charge in [0.25, 0.3) is 0 Å². The molecule has 4 aromatic rings. The first-order chi connectivity index (χ1) is 17.0. The second-order valence-corrected chi connectivity index (χ2v) is 8.84. The first-order valence-electron chi connectivity index (χ1n) is 11.0. The minimum atomic E-state index is -0.710. The van der Waals surface area contributed by atoms with E-state index in [0.717, 1.165) is 38.2 Å². The van der Waals surface area contributed by atoms with Crippen molar-refractivity contribution in [2.45, 2.75) is 19.0 Å². The molecular formula is C26H25N3O5S. The van der Waals surface area contributed by atoms with Crippen molar-refractivity contribution in [3.05, 3.63) is 99.2 Å². The van der Waals surface area contributed by atoms with Gasteiger partial charge in [-0.25, -0.2) is 0 Å². The molecule has 0 aliphatic rings. The van der Waals surface area contributed by atoms with Crippen molar-refractivity contribution in [3.8, 4) is 5.75 Å². The third-order valence-electron chi connectivity index (χ3n) is 5.56. The largest absolute Gasteiger partial charge is 0.492 e. The lowest BCUT2D eigenvalue weighted by molar-refractivity contribution is -0.142. The van der Waals surface area contributed by atoms with Crippen molar-refractivity contribution in [2.24, 2.45) is 10.9 Å². The maximum absolute atomic E-state index is 12.6. The Balaban J connectivity index is 1.42. The lowest BCUT2D eigenvalue weighted by Crippen LogP contribution is -2.33. The van der Waals surface area contributed by atoms with Gasteiger partial charge in [0.05, 0.1) is 23.9 Å². The zero-order chi connectivity index (χ0) is 24.8. The van der Waals surface area contributed by atoms with Crippen LogP contribution in [0, 0.1) is 0 Å². The molecule has 0 radical (unpaired) electrons. The molecule has 1 heterocycles. The first kappa shape index (κ1) is 24.2. The average molecular weight is 492 g/mol. The summed E-state index contributed by atoms with van der Waals surface area (Å²) in [5.41, 5.74) is 9.44. The fourth-order valence-electron chi connectivity index (χ4n) is 3.77. The number of fused-ring (bicyclic) bond motifs is 1. The van der Waals surface area contributed by atoms with Crippen LogP contribution in [0.2, 0.25) is 0 Å². The number of oxime groups is 1. The zero-order valence-corrected chi connectivity index (χ0v) is 19.9. The van der Waals surface area contributed by atoms with Gasteiger partial charge in [0.15, 0.2) is 0 Å². The Hall–Kier alpha value is -3.95. The molecule has 4 rings (SSSR count). The monoisotopic (exact) mass is 491 g/mol. The number of methoxy groups -OCH3 is 1. The molecule has 1 aromatic heterocycles. The lowest BCUT2D eigenvalue weighted by Gasteiger charge is -2.11. The number of benzene rings is 3. The van der Waals surface area contributed by atoms with Gasteiger partial charge in [0.1, 0.15) is 24.1 Å². The highest BCUT2D eigenvalue weighted by atomic mass is 32.1. The van der Waals surface area contributed by atoms with E-state index >= 15 is 0 Å². The van der Waals surface area contributed by atoms with Crippen LogP contribution in [0.4, 0.5) is 0 Å². The Morgan fingerprint density at radius 3 is 2.51 bits per heavy atom. The first-order valence-corrected chi connectivity index (χ1v) is 11.8. The SMILES string of the molecule is COC(=O)C(N)Cc1ccc(OCCn2c(=O)sc3cc(/C(=N/O)c4ccccc4)ccc32)cc1. The second-order valence-electron chi connectivity index (χ2n) is 7.84. The van der Waals surface area contributed by atoms with Crippen LogP contribution >= 0.6 is 11.3 Å². The lowest BCUT2D eigenvalue weighted by atomic mass is 10.0. The number of carbonyl (C=O) groups is 1. The summed E-state index contributed by atoms with van der Waals surface area (Å²) in [5, 5.41) is 13.0. The number of nitrogens with two attached hydrogens (primary N) is 1. The van der Waals surface area contributed by atoms with E-state index in [4.69, 9.17) is 10.5 Å². The summed E-state index contributed by atoms with van der Waals surface area (Å²) in [6.07, 6.45) is 0.373. The van der Waals surface area contributed by atoms with Crippen molar-refractivity contribution in [3.63, 3.8) is 0 Å². The van der Waals surface area contributed by atoms with Crippen LogP contribution < -0.4 is 15.3 Å². The predicted octanol–water partition coefficient (Wildman–Crippen LogP) is 3.41. The van der Waals surface area contributed by atoms with Gasteiger partial charge in [0.2, 0.25) is 0 Å². The standard InChI is InChI=1S/C26H25N3O5S/c1-33-25(30)21(27)15-17-7-10-20(11-8-17)34-14-13-29-22-12-9-19(16-23(22)35-26(29)31)24(28-32)18-5-3-2-4-6-18/h2-12,16,21,32H,13-15,27H2,1H3/b28-24+. The number of thiazole rings is 1. The Labute approximate surface area is 205 Å². The number of hydrogen-bond acceptors (Lipinski definition) is 8. The fraction of sp³-hybridized carbons (Fsp3) is 0.192. The summed E-state index contributed by atoms with van der Waals surface area (Å²) in [6.45, 7) is 0.689. The van der Waals surface area contributed by atoms with Gasteiger partial charge < -0.3 is 20.4 Å². The zero-order valence-electron chi connectivity index (χ0n) is 19.1. The number of hydrogen-bond donors (Lipinski definition) is 2. The third-order valence-corrected chi connectivity index (χ3v) is 6.50. The van der Waals surface area contributed by atoms with Crippen molar-refractivity contribution in [2.75, 3.05) is 13.7 Å². The minimum absolute atomic E-state index is 0.0879. The van der Waals surface area contributed by atoms with E-state index < -0.39 is 12.0 Å². The number of nitrogens with zero attached hydrogens (tertiary/aromatic N) is 2. The fourth-order valence-corrected chi connectivity index (χ4v) is 4.73. The van der Waals surface area contributed by atoms with Crippen LogP contribution in [0.5, 0.6) is 5.75 Å². The van der Waals surface area contributed by atoms with Crippen LogP contribution in [-0.2, 0) is 22.5 Å². The van der Waals surface area contributed by atoms with Crippen molar-refractivity contribution >= 4 is 33.2 Å². The van der Waals surface area contributed by atoms with Crippen LogP contribution in [0.1, 0.15) is 16.7 Å². The highest BCUT2D eigenvalue weighted by Crippen LogP contribution is 2.22. The van der Waals surface area contributed by atoms with E-state index in [9.17, 15) is 14.8 Å². The Kier molecular flexibility index (Phi) is 7.59. The molecule has 0 saturated heterocycles. The summed E-state index contributed by atoms with van der Waals surface area (Å²) < 4.78 is 12.9. The average Bonchev–Trinajstić information content (AvgIpc) is 3.20. The molecule has 3 N–H and O–H groups in total. The molecule has 1 unspecified atom stereocenters. The molecule has 0 spiro atoms. The second kappa shape index (κ2) is 11.0. The molecule has 0 aliphatic carbocycles. The van der Waals surface area contributed by atoms with E-state index in [1.807, 2.05) is 60.7 Å². The Morgan fingerprint density at radius 2 is 1.83 bits per heavy atom. The van der Waals surface area contributed by atoms with Gasteiger partial charge in [-0.15, -0.1) is 0 Å². The summed E-state index contributed by atoms with van der Waals surface area (Å²) in [5.74, 6) is 0.202. The highest BCUT2D eigenvalue weighted by molar-refractivity contribution is 7.16.